The van der Waals surface area contributed by atoms with Gasteiger partial charge in [-0.25, -0.2) is 4.79 Å². The van der Waals surface area contributed by atoms with Crippen LogP contribution in [0, 0.1) is 11.8 Å². The summed E-state index contributed by atoms with van der Waals surface area (Å²) in [5, 5.41) is 3.63. The molecule has 1 aliphatic carbocycles. The minimum atomic E-state index is -0.390. The second kappa shape index (κ2) is 6.56. The molecule has 116 valence electrons. The van der Waals surface area contributed by atoms with E-state index in [0.29, 0.717) is 17.9 Å². The first-order valence-corrected chi connectivity index (χ1v) is 8.87. The molecular weight excluding hydrogens is 272 g/mol. The van der Waals surface area contributed by atoms with Crippen molar-refractivity contribution in [2.45, 2.75) is 45.8 Å². The predicted octanol–water partition coefficient (Wildman–Crippen LogP) is 2.58. The summed E-state index contributed by atoms with van der Waals surface area (Å²) in [4.78, 5) is 13.8. The number of hydrogen-bond acceptors (Lipinski definition) is 4. The third kappa shape index (κ3) is 4.29. The van der Waals surface area contributed by atoms with Crippen LogP contribution in [0.3, 0.4) is 0 Å². The highest BCUT2D eigenvalue weighted by molar-refractivity contribution is 7.99. The molecule has 2 unspecified atom stereocenters. The Morgan fingerprint density at radius 1 is 1.35 bits per heavy atom. The van der Waals surface area contributed by atoms with Gasteiger partial charge in [-0.2, -0.15) is 11.8 Å². The van der Waals surface area contributed by atoms with E-state index < -0.39 is 5.60 Å². The van der Waals surface area contributed by atoms with E-state index in [0.717, 1.165) is 19.6 Å². The molecule has 5 heteroatoms. The van der Waals surface area contributed by atoms with Crippen LogP contribution in [0.5, 0.6) is 0 Å². The summed E-state index contributed by atoms with van der Waals surface area (Å²) in [6.07, 6.45) is 1.09. The molecule has 0 aromatic rings. The lowest BCUT2D eigenvalue weighted by atomic mass is 10.2. The van der Waals surface area contributed by atoms with E-state index in [1.54, 1.807) is 0 Å². The smallest absolute Gasteiger partial charge is 0.410 e. The number of ether oxygens (including phenoxy) is 1. The highest BCUT2D eigenvalue weighted by Crippen LogP contribution is 2.45. The largest absolute Gasteiger partial charge is 0.444 e. The summed E-state index contributed by atoms with van der Waals surface area (Å²) in [5.41, 5.74) is -0.390. The van der Waals surface area contributed by atoms with Gasteiger partial charge in [0.25, 0.3) is 0 Å². The number of rotatable bonds is 6. The number of likely N-dealkylation sites (tertiary alicyclic amines) is 1. The van der Waals surface area contributed by atoms with Crippen molar-refractivity contribution in [2.24, 2.45) is 11.8 Å². The van der Waals surface area contributed by atoms with Crippen LogP contribution >= 0.6 is 11.8 Å². The Bertz CT molecular complexity index is 331. The van der Waals surface area contributed by atoms with Gasteiger partial charge in [0.2, 0.25) is 0 Å². The maximum absolute atomic E-state index is 11.9. The van der Waals surface area contributed by atoms with Gasteiger partial charge in [-0.1, -0.05) is 6.92 Å². The highest BCUT2D eigenvalue weighted by Gasteiger charge is 2.56. The fourth-order valence-corrected chi connectivity index (χ4v) is 3.53. The van der Waals surface area contributed by atoms with Crippen molar-refractivity contribution in [2.75, 3.05) is 31.1 Å². The molecule has 2 atom stereocenters. The molecule has 0 bridgehead atoms. The van der Waals surface area contributed by atoms with Crippen molar-refractivity contribution >= 4 is 17.9 Å². The van der Waals surface area contributed by atoms with Crippen LogP contribution in [0.15, 0.2) is 0 Å². The predicted molar refractivity (Wildman–Crippen MR) is 84.2 cm³/mol. The minimum Gasteiger partial charge on any atom is -0.444 e. The Kier molecular flexibility index (Phi) is 5.24. The minimum absolute atomic E-state index is 0.150. The van der Waals surface area contributed by atoms with Crippen LogP contribution < -0.4 is 5.32 Å². The normalized spacial score (nSPS) is 28.4. The zero-order valence-electron chi connectivity index (χ0n) is 13.1. The Morgan fingerprint density at radius 3 is 2.55 bits per heavy atom. The van der Waals surface area contributed by atoms with E-state index in [1.165, 1.54) is 17.9 Å². The summed E-state index contributed by atoms with van der Waals surface area (Å²) in [7, 11) is 0. The molecule has 20 heavy (non-hydrogen) atoms. The maximum atomic E-state index is 11.9. The molecule has 1 aliphatic heterocycles. The number of amides is 1. The van der Waals surface area contributed by atoms with Gasteiger partial charge in [-0.3, -0.25) is 0 Å². The van der Waals surface area contributed by atoms with Gasteiger partial charge in [0, 0.05) is 19.1 Å². The summed E-state index contributed by atoms with van der Waals surface area (Å²) in [6.45, 7) is 10.8. The molecule has 2 rings (SSSR count). The molecule has 2 fully saturated rings. The van der Waals surface area contributed by atoms with E-state index >= 15 is 0 Å². The molecule has 0 aromatic heterocycles. The van der Waals surface area contributed by atoms with Crippen LogP contribution in [0.2, 0.25) is 0 Å². The fourth-order valence-electron chi connectivity index (χ4n) is 2.89. The molecule has 1 amide bonds. The average Bonchev–Trinajstić information content (AvgIpc) is 2.81. The molecule has 1 heterocycles. The van der Waals surface area contributed by atoms with Gasteiger partial charge >= 0.3 is 6.09 Å². The molecule has 0 spiro atoms. The van der Waals surface area contributed by atoms with Crippen molar-refractivity contribution in [3.8, 4) is 0 Å². The van der Waals surface area contributed by atoms with Crippen molar-refractivity contribution in [1.82, 2.24) is 10.2 Å². The van der Waals surface area contributed by atoms with Gasteiger partial charge in [0.05, 0.1) is 0 Å². The van der Waals surface area contributed by atoms with E-state index in [2.05, 4.69) is 12.2 Å². The lowest BCUT2D eigenvalue weighted by molar-refractivity contribution is 0.0269. The van der Waals surface area contributed by atoms with Crippen molar-refractivity contribution in [1.29, 1.82) is 0 Å². The maximum Gasteiger partial charge on any atom is 0.410 e. The standard InChI is InChI=1S/C15H28N2O2S/c1-5-20-8-6-7-16-13-11-9-17(10-12(11)13)14(18)19-15(2,3)4/h11-13,16H,5-10H2,1-4H3. The van der Waals surface area contributed by atoms with Crippen LogP contribution in [0.25, 0.3) is 0 Å². The summed E-state index contributed by atoms with van der Waals surface area (Å²) >= 11 is 2.00. The zero-order chi connectivity index (χ0) is 14.8. The number of hydrogen-bond donors (Lipinski definition) is 1. The van der Waals surface area contributed by atoms with Crippen LogP contribution in [-0.4, -0.2) is 53.8 Å². The van der Waals surface area contributed by atoms with Crippen LogP contribution in [0.4, 0.5) is 4.79 Å². The molecule has 2 aliphatic rings. The second-order valence-corrected chi connectivity index (χ2v) is 8.14. The number of carbonyl (C=O) groups excluding carboxylic acids is 1. The molecular formula is C15H28N2O2S. The first-order chi connectivity index (χ1) is 9.42. The van der Waals surface area contributed by atoms with E-state index in [4.69, 9.17) is 4.74 Å². The molecule has 1 saturated carbocycles. The number of nitrogens with one attached hydrogen (secondary N) is 1. The molecule has 4 nitrogen and oxygen atoms in total. The summed E-state index contributed by atoms with van der Waals surface area (Å²) in [5.74, 6) is 3.76. The third-order valence-electron chi connectivity index (χ3n) is 3.90. The van der Waals surface area contributed by atoms with Crippen LogP contribution in [0.1, 0.15) is 34.1 Å². The quantitative estimate of drug-likeness (QED) is 0.766. The van der Waals surface area contributed by atoms with Gasteiger partial charge < -0.3 is 15.0 Å². The van der Waals surface area contributed by atoms with Gasteiger partial charge in [-0.05, 0) is 57.1 Å². The number of carbonyl (C=O) groups is 1. The summed E-state index contributed by atoms with van der Waals surface area (Å²) < 4.78 is 5.42. The van der Waals surface area contributed by atoms with E-state index in [-0.39, 0.29) is 6.09 Å². The lowest BCUT2D eigenvalue weighted by Crippen LogP contribution is -2.39. The fraction of sp³-hybridized carbons (Fsp3) is 0.933. The Labute approximate surface area is 127 Å². The van der Waals surface area contributed by atoms with E-state index in [1.807, 2.05) is 37.4 Å². The first kappa shape index (κ1) is 16.0. The topological polar surface area (TPSA) is 41.6 Å². The molecule has 0 aromatic carbocycles. The molecule has 1 N–H and O–H groups in total. The Hall–Kier alpha value is -0.420. The van der Waals surface area contributed by atoms with Crippen molar-refractivity contribution < 1.29 is 9.53 Å². The number of nitrogens with zero attached hydrogens (tertiary/aromatic N) is 1. The number of piperidine rings is 1. The van der Waals surface area contributed by atoms with Crippen LogP contribution in [-0.2, 0) is 4.74 Å². The lowest BCUT2D eigenvalue weighted by Gasteiger charge is -2.26. The molecule has 1 saturated heterocycles. The highest BCUT2D eigenvalue weighted by atomic mass is 32.2. The van der Waals surface area contributed by atoms with Crippen molar-refractivity contribution in [3.63, 3.8) is 0 Å². The number of thioether (sulfide) groups is 1. The summed E-state index contributed by atoms with van der Waals surface area (Å²) in [6, 6.07) is 0.639. The van der Waals surface area contributed by atoms with E-state index in [9.17, 15) is 4.79 Å². The monoisotopic (exact) mass is 300 g/mol. The first-order valence-electron chi connectivity index (χ1n) is 7.71. The van der Waals surface area contributed by atoms with Gasteiger partial charge in [0.1, 0.15) is 5.60 Å². The molecule has 0 radical (unpaired) electrons. The van der Waals surface area contributed by atoms with Gasteiger partial charge in [0.15, 0.2) is 0 Å². The Morgan fingerprint density at radius 2 is 2.00 bits per heavy atom. The Balaban J connectivity index is 1.60. The average molecular weight is 300 g/mol. The van der Waals surface area contributed by atoms with Gasteiger partial charge in [-0.15, -0.1) is 0 Å². The number of fused-ring (bicyclic) bond motifs is 1. The third-order valence-corrected chi connectivity index (χ3v) is 4.88. The van der Waals surface area contributed by atoms with Crippen molar-refractivity contribution in [3.05, 3.63) is 0 Å². The SMILES string of the molecule is CCSCCCNC1C2CN(C(=O)OC(C)(C)C)CC21. The zero-order valence-corrected chi connectivity index (χ0v) is 14.0. The second-order valence-electron chi connectivity index (χ2n) is 6.74.